The van der Waals surface area contributed by atoms with Gasteiger partial charge in [0.2, 0.25) is 0 Å². The number of hydrogen-bond donors (Lipinski definition) is 1. The van der Waals surface area contributed by atoms with E-state index in [0.29, 0.717) is 11.4 Å². The first-order valence-electron chi connectivity index (χ1n) is 7.84. The molecule has 0 heterocycles. The number of thioether (sulfide) groups is 1. The molecule has 2 aromatic rings. The Kier molecular flexibility index (Phi) is 7.06. The van der Waals surface area contributed by atoms with Crippen LogP contribution in [0.25, 0.3) is 0 Å². The van der Waals surface area contributed by atoms with Gasteiger partial charge in [0.1, 0.15) is 11.2 Å². The molecule has 26 heavy (non-hydrogen) atoms. The van der Waals surface area contributed by atoms with E-state index in [1.807, 2.05) is 18.4 Å². The monoisotopic (exact) mass is 370 g/mol. The quantitative estimate of drug-likeness (QED) is 0.456. The van der Waals surface area contributed by atoms with Crippen LogP contribution in [0.2, 0.25) is 0 Å². The lowest BCUT2D eigenvalue weighted by atomic mass is 10.2. The summed E-state index contributed by atoms with van der Waals surface area (Å²) < 4.78 is 10.4. The molecule has 0 spiro atoms. The molecule has 2 rings (SSSR count). The van der Waals surface area contributed by atoms with Gasteiger partial charge in [0.25, 0.3) is 5.91 Å². The Hall–Kier alpha value is -2.98. The fourth-order valence-corrected chi connectivity index (χ4v) is 2.56. The number of benzene rings is 2. The Bertz CT molecular complexity index is 818. The van der Waals surface area contributed by atoms with Crippen LogP contribution in [0.5, 0.6) is 5.75 Å². The van der Waals surface area contributed by atoms with Gasteiger partial charge in [0.15, 0.2) is 12.7 Å². The molecule has 0 aliphatic carbocycles. The van der Waals surface area contributed by atoms with E-state index < -0.39 is 24.6 Å². The predicted octanol–water partition coefficient (Wildman–Crippen LogP) is 3.52. The van der Waals surface area contributed by atoms with Crippen molar-refractivity contribution in [1.82, 2.24) is 0 Å². The van der Waals surface area contributed by atoms with E-state index in [4.69, 9.17) is 14.7 Å². The number of rotatable bonds is 7. The zero-order valence-corrected chi connectivity index (χ0v) is 15.2. The van der Waals surface area contributed by atoms with Gasteiger partial charge in [-0.2, -0.15) is 5.26 Å². The van der Waals surface area contributed by atoms with Crippen molar-refractivity contribution in [1.29, 1.82) is 5.26 Å². The fraction of sp³-hybridized carbons (Fsp3) is 0.211. The van der Waals surface area contributed by atoms with Crippen LogP contribution in [0, 0.1) is 17.6 Å². The molecule has 1 amide bonds. The summed E-state index contributed by atoms with van der Waals surface area (Å²) in [5, 5.41) is 13.3. The van der Waals surface area contributed by atoms with Crippen molar-refractivity contribution < 1.29 is 19.1 Å². The van der Waals surface area contributed by atoms with Gasteiger partial charge in [-0.25, -0.2) is 4.79 Å². The Morgan fingerprint density at radius 1 is 1.23 bits per heavy atom. The molecule has 0 aliphatic heterocycles. The summed E-state index contributed by atoms with van der Waals surface area (Å²) in [4.78, 5) is 24.7. The molecule has 2 aromatic carbocycles. The number of esters is 1. The van der Waals surface area contributed by atoms with Crippen molar-refractivity contribution in [3.8, 4) is 11.2 Å². The van der Waals surface area contributed by atoms with Crippen LogP contribution < -0.4 is 10.1 Å². The molecule has 134 valence electrons. The molecule has 1 atom stereocenters. The van der Waals surface area contributed by atoms with Crippen molar-refractivity contribution >= 4 is 29.3 Å². The number of aryl methyl sites for hydroxylation is 1. The molecule has 1 N–H and O–H groups in total. The SMILES string of the molecule is Cc1cc(SC#N)ccc1NC(=O)COC(=O)[C@@H](C)Oc1ccccc1. The van der Waals surface area contributed by atoms with Gasteiger partial charge in [-0.05, 0) is 61.5 Å². The minimum Gasteiger partial charge on any atom is -0.479 e. The molecule has 6 nitrogen and oxygen atoms in total. The highest BCUT2D eigenvalue weighted by molar-refractivity contribution is 8.03. The number of thiocyanates is 1. The Morgan fingerprint density at radius 2 is 1.96 bits per heavy atom. The number of nitriles is 1. The van der Waals surface area contributed by atoms with Gasteiger partial charge in [-0.15, -0.1) is 0 Å². The number of carbonyl (C=O) groups is 2. The molecular weight excluding hydrogens is 352 g/mol. The summed E-state index contributed by atoms with van der Waals surface area (Å²) in [6.07, 6.45) is -0.825. The number of ether oxygens (including phenoxy) is 2. The normalized spacial score (nSPS) is 11.1. The molecular formula is C19H18N2O4S. The van der Waals surface area contributed by atoms with Crippen LogP contribution in [0.4, 0.5) is 5.69 Å². The van der Waals surface area contributed by atoms with Gasteiger partial charge < -0.3 is 14.8 Å². The Morgan fingerprint density at radius 3 is 2.62 bits per heavy atom. The van der Waals surface area contributed by atoms with E-state index in [0.717, 1.165) is 22.2 Å². The number of anilines is 1. The van der Waals surface area contributed by atoms with E-state index >= 15 is 0 Å². The minimum atomic E-state index is -0.825. The van der Waals surface area contributed by atoms with Crippen LogP contribution in [0.3, 0.4) is 0 Å². The summed E-state index contributed by atoms with van der Waals surface area (Å²) in [6.45, 7) is 2.97. The van der Waals surface area contributed by atoms with Crippen molar-refractivity contribution in [2.24, 2.45) is 0 Å². The predicted molar refractivity (Wildman–Crippen MR) is 98.8 cm³/mol. The van der Waals surface area contributed by atoms with Crippen LogP contribution in [-0.2, 0) is 14.3 Å². The number of nitrogens with zero attached hydrogens (tertiary/aromatic N) is 1. The third-order valence-corrected chi connectivity index (χ3v) is 3.95. The maximum atomic E-state index is 12.0. The average molecular weight is 370 g/mol. The van der Waals surface area contributed by atoms with Crippen LogP contribution in [-0.4, -0.2) is 24.6 Å². The fourth-order valence-electron chi connectivity index (χ4n) is 2.08. The molecule has 7 heteroatoms. The second-order valence-electron chi connectivity index (χ2n) is 5.40. The standard InChI is InChI=1S/C19H18N2O4S/c1-13-10-16(26-12-20)8-9-17(13)21-18(22)11-24-19(23)14(2)25-15-6-4-3-5-7-15/h3-10,14H,11H2,1-2H3,(H,21,22)/t14-/m1/s1. The van der Waals surface area contributed by atoms with Crippen LogP contribution in [0.1, 0.15) is 12.5 Å². The van der Waals surface area contributed by atoms with E-state index in [9.17, 15) is 9.59 Å². The zero-order valence-electron chi connectivity index (χ0n) is 14.4. The molecule has 0 saturated carbocycles. The maximum Gasteiger partial charge on any atom is 0.347 e. The lowest BCUT2D eigenvalue weighted by Crippen LogP contribution is -2.29. The molecule has 0 aliphatic rings. The topological polar surface area (TPSA) is 88.4 Å². The molecule has 0 unspecified atom stereocenters. The van der Waals surface area contributed by atoms with Crippen molar-refractivity contribution in [2.75, 3.05) is 11.9 Å². The summed E-state index contributed by atoms with van der Waals surface area (Å²) in [6, 6.07) is 14.1. The summed E-state index contributed by atoms with van der Waals surface area (Å²) in [7, 11) is 0. The lowest BCUT2D eigenvalue weighted by molar-refractivity contribution is -0.153. The summed E-state index contributed by atoms with van der Waals surface area (Å²) in [5.41, 5.74) is 1.41. The third kappa shape index (κ3) is 5.83. The zero-order chi connectivity index (χ0) is 18.9. The molecule has 0 radical (unpaired) electrons. The highest BCUT2D eigenvalue weighted by Crippen LogP contribution is 2.23. The van der Waals surface area contributed by atoms with Crippen molar-refractivity contribution in [2.45, 2.75) is 24.8 Å². The molecule has 0 fully saturated rings. The lowest BCUT2D eigenvalue weighted by Gasteiger charge is -2.14. The van der Waals surface area contributed by atoms with E-state index in [2.05, 4.69) is 5.32 Å². The average Bonchev–Trinajstić information content (AvgIpc) is 2.63. The highest BCUT2D eigenvalue weighted by Gasteiger charge is 2.18. The van der Waals surface area contributed by atoms with E-state index in [-0.39, 0.29) is 0 Å². The first kappa shape index (κ1) is 19.3. The molecule has 0 bridgehead atoms. The second-order valence-corrected chi connectivity index (χ2v) is 6.26. The van der Waals surface area contributed by atoms with Gasteiger partial charge in [0, 0.05) is 10.6 Å². The van der Waals surface area contributed by atoms with Gasteiger partial charge in [-0.1, -0.05) is 18.2 Å². The number of para-hydroxylation sites is 1. The number of amides is 1. The summed E-state index contributed by atoms with van der Waals surface area (Å²) in [5.74, 6) is -0.525. The number of hydrogen-bond acceptors (Lipinski definition) is 6. The maximum absolute atomic E-state index is 12.0. The molecule has 0 saturated heterocycles. The van der Waals surface area contributed by atoms with Crippen LogP contribution >= 0.6 is 11.8 Å². The smallest absolute Gasteiger partial charge is 0.347 e. The Balaban J connectivity index is 1.82. The van der Waals surface area contributed by atoms with Gasteiger partial charge >= 0.3 is 5.97 Å². The van der Waals surface area contributed by atoms with Crippen molar-refractivity contribution in [3.05, 3.63) is 54.1 Å². The van der Waals surface area contributed by atoms with E-state index in [1.54, 1.807) is 49.4 Å². The van der Waals surface area contributed by atoms with E-state index in [1.165, 1.54) is 0 Å². The largest absolute Gasteiger partial charge is 0.479 e. The molecule has 0 aromatic heterocycles. The third-order valence-electron chi connectivity index (χ3n) is 3.37. The first-order chi connectivity index (χ1) is 12.5. The minimum absolute atomic E-state index is 0.407. The number of carbonyl (C=O) groups excluding carboxylic acids is 2. The summed E-state index contributed by atoms with van der Waals surface area (Å²) >= 11 is 1.04. The van der Waals surface area contributed by atoms with Gasteiger partial charge in [0.05, 0.1) is 0 Å². The van der Waals surface area contributed by atoms with Gasteiger partial charge in [-0.3, -0.25) is 4.79 Å². The second kappa shape index (κ2) is 9.49. The number of nitrogens with one attached hydrogen (secondary N) is 1. The first-order valence-corrected chi connectivity index (χ1v) is 8.66. The van der Waals surface area contributed by atoms with Crippen LogP contribution in [0.15, 0.2) is 53.4 Å². The highest BCUT2D eigenvalue weighted by atomic mass is 32.2. The Labute approximate surface area is 156 Å². The van der Waals surface area contributed by atoms with Crippen molar-refractivity contribution in [3.63, 3.8) is 0 Å².